The molecule has 0 saturated carbocycles. The van der Waals surface area contributed by atoms with E-state index in [1.807, 2.05) is 0 Å². The van der Waals surface area contributed by atoms with Crippen LogP contribution in [-0.2, 0) is 9.84 Å². The normalized spacial score (nSPS) is 11.0. The SMILES string of the molecule is NC(=O)c1c(C(=O)O)cccc1S(=O)(=O)c1cccc(C(=O)O)c1C(N)=O. The molecule has 0 aliphatic carbocycles. The minimum absolute atomic E-state index is 0.668. The van der Waals surface area contributed by atoms with E-state index >= 15 is 0 Å². The van der Waals surface area contributed by atoms with Crippen LogP contribution in [-0.4, -0.2) is 42.4 Å². The van der Waals surface area contributed by atoms with Crippen LogP contribution in [0.15, 0.2) is 46.2 Å². The van der Waals surface area contributed by atoms with Crippen LogP contribution in [0, 0.1) is 0 Å². The molecule has 0 radical (unpaired) electrons. The number of benzene rings is 2. The van der Waals surface area contributed by atoms with E-state index in [9.17, 15) is 37.8 Å². The number of primary amides is 2. The van der Waals surface area contributed by atoms with Gasteiger partial charge in [0.2, 0.25) is 9.84 Å². The van der Waals surface area contributed by atoms with Crippen LogP contribution >= 0.6 is 0 Å². The maximum Gasteiger partial charge on any atom is 0.336 e. The number of carbonyl (C=O) groups is 4. The number of carbonyl (C=O) groups excluding carboxylic acids is 2. The molecule has 27 heavy (non-hydrogen) atoms. The molecule has 0 heterocycles. The van der Waals surface area contributed by atoms with E-state index in [0.717, 1.165) is 36.4 Å². The van der Waals surface area contributed by atoms with Gasteiger partial charge in [-0.15, -0.1) is 0 Å². The first-order valence-electron chi connectivity index (χ1n) is 7.07. The van der Waals surface area contributed by atoms with Crippen molar-refractivity contribution in [2.75, 3.05) is 0 Å². The van der Waals surface area contributed by atoms with E-state index in [2.05, 4.69) is 0 Å². The molecule has 2 amide bonds. The van der Waals surface area contributed by atoms with Crippen LogP contribution in [0.5, 0.6) is 0 Å². The number of hydrogen-bond acceptors (Lipinski definition) is 6. The summed E-state index contributed by atoms with van der Waals surface area (Å²) >= 11 is 0. The number of carboxylic acids is 2. The summed E-state index contributed by atoms with van der Waals surface area (Å²) in [5, 5.41) is 18.4. The molecule has 0 aliphatic rings. The van der Waals surface area contributed by atoms with E-state index in [1.165, 1.54) is 0 Å². The number of sulfone groups is 1. The maximum atomic E-state index is 13.0. The molecule has 0 saturated heterocycles. The third-order valence-corrected chi connectivity index (χ3v) is 5.42. The van der Waals surface area contributed by atoms with Gasteiger partial charge in [-0.05, 0) is 24.3 Å². The average Bonchev–Trinajstić information content (AvgIpc) is 2.59. The zero-order chi connectivity index (χ0) is 20.5. The number of rotatable bonds is 6. The summed E-state index contributed by atoms with van der Waals surface area (Å²) in [6.07, 6.45) is 0. The molecular weight excluding hydrogens is 380 g/mol. The van der Waals surface area contributed by atoms with Gasteiger partial charge in [-0.3, -0.25) is 9.59 Å². The van der Waals surface area contributed by atoms with Crippen molar-refractivity contribution in [3.05, 3.63) is 58.7 Å². The van der Waals surface area contributed by atoms with Crippen molar-refractivity contribution in [3.8, 4) is 0 Å². The Morgan fingerprint density at radius 3 is 1.30 bits per heavy atom. The molecule has 2 aromatic carbocycles. The lowest BCUT2D eigenvalue weighted by Crippen LogP contribution is -2.24. The molecule has 2 rings (SSSR count). The molecule has 0 unspecified atom stereocenters. The monoisotopic (exact) mass is 392 g/mol. The van der Waals surface area contributed by atoms with Gasteiger partial charge in [-0.1, -0.05) is 12.1 Å². The molecule has 2 aromatic rings. The highest BCUT2D eigenvalue weighted by Gasteiger charge is 2.32. The van der Waals surface area contributed by atoms with Gasteiger partial charge in [-0.2, -0.15) is 0 Å². The summed E-state index contributed by atoms with van der Waals surface area (Å²) in [4.78, 5) is 44.5. The molecule has 0 atom stereocenters. The number of amides is 2. The molecule has 6 N–H and O–H groups in total. The molecule has 0 aliphatic heterocycles. The van der Waals surface area contributed by atoms with Crippen molar-refractivity contribution in [1.29, 1.82) is 0 Å². The Hall–Kier alpha value is -3.73. The number of hydrogen-bond donors (Lipinski definition) is 4. The van der Waals surface area contributed by atoms with Crippen LogP contribution in [0.3, 0.4) is 0 Å². The van der Waals surface area contributed by atoms with E-state index < -0.39 is 65.6 Å². The topological polar surface area (TPSA) is 195 Å². The minimum Gasteiger partial charge on any atom is -0.478 e. The summed E-state index contributed by atoms with van der Waals surface area (Å²) in [5.74, 6) is -5.87. The first-order valence-corrected chi connectivity index (χ1v) is 8.55. The number of carboxylic acid groups (broad SMARTS) is 2. The van der Waals surface area contributed by atoms with Crippen LogP contribution in [0.2, 0.25) is 0 Å². The quantitative estimate of drug-likeness (QED) is 0.531. The average molecular weight is 392 g/mol. The Balaban J connectivity index is 2.95. The van der Waals surface area contributed by atoms with Crippen molar-refractivity contribution in [2.45, 2.75) is 9.79 Å². The second-order valence-corrected chi connectivity index (χ2v) is 7.09. The Morgan fingerprint density at radius 2 is 1.04 bits per heavy atom. The molecule has 140 valence electrons. The van der Waals surface area contributed by atoms with Crippen molar-refractivity contribution >= 4 is 33.6 Å². The van der Waals surface area contributed by atoms with Gasteiger partial charge in [-0.25, -0.2) is 18.0 Å². The van der Waals surface area contributed by atoms with Crippen LogP contribution in [0.1, 0.15) is 41.4 Å². The van der Waals surface area contributed by atoms with Gasteiger partial charge in [0.05, 0.1) is 32.0 Å². The van der Waals surface area contributed by atoms with Gasteiger partial charge in [0, 0.05) is 0 Å². The van der Waals surface area contributed by atoms with E-state index in [0.29, 0.717) is 0 Å². The highest BCUT2D eigenvalue weighted by Crippen LogP contribution is 2.30. The van der Waals surface area contributed by atoms with Crippen molar-refractivity contribution in [3.63, 3.8) is 0 Å². The van der Waals surface area contributed by atoms with Gasteiger partial charge < -0.3 is 21.7 Å². The third-order valence-electron chi connectivity index (χ3n) is 3.59. The molecule has 0 fully saturated rings. The lowest BCUT2D eigenvalue weighted by molar-refractivity contribution is 0.0683. The summed E-state index contributed by atoms with van der Waals surface area (Å²) < 4.78 is 26.1. The Labute approximate surface area is 151 Å². The fourth-order valence-corrected chi connectivity index (χ4v) is 4.20. The van der Waals surface area contributed by atoms with Crippen LogP contribution < -0.4 is 11.5 Å². The zero-order valence-corrected chi connectivity index (χ0v) is 14.2. The van der Waals surface area contributed by atoms with Crippen LogP contribution in [0.4, 0.5) is 0 Å². The number of nitrogens with two attached hydrogens (primary N) is 2. The second kappa shape index (κ2) is 6.88. The summed E-state index contributed by atoms with van der Waals surface area (Å²) in [6, 6.07) is 5.91. The molecule has 10 nitrogen and oxygen atoms in total. The first-order chi connectivity index (χ1) is 12.5. The first kappa shape index (κ1) is 19.6. The highest BCUT2D eigenvalue weighted by molar-refractivity contribution is 7.91. The Kier molecular flexibility index (Phi) is 4.99. The molecule has 0 spiro atoms. The maximum absolute atomic E-state index is 13.0. The molecule has 0 bridgehead atoms. The van der Waals surface area contributed by atoms with Crippen molar-refractivity contribution in [2.24, 2.45) is 11.5 Å². The zero-order valence-electron chi connectivity index (χ0n) is 13.4. The summed E-state index contributed by atoms with van der Waals surface area (Å²) in [6.45, 7) is 0. The minimum atomic E-state index is -4.73. The largest absolute Gasteiger partial charge is 0.478 e. The van der Waals surface area contributed by atoms with Crippen LogP contribution in [0.25, 0.3) is 0 Å². The van der Waals surface area contributed by atoms with E-state index in [1.54, 1.807) is 0 Å². The lowest BCUT2D eigenvalue weighted by Gasteiger charge is -2.14. The second-order valence-electron chi connectivity index (χ2n) is 5.20. The standard InChI is InChI=1S/C16H12N2O8S/c17-13(19)11-7(15(21)22)3-1-5-9(11)27(25,26)10-6-2-4-8(16(23)24)12(10)14(18)20/h1-6H,(H2,17,19)(H2,18,20)(H,21,22)(H,23,24). The Morgan fingerprint density at radius 1 is 0.704 bits per heavy atom. The third kappa shape index (κ3) is 3.35. The summed E-state index contributed by atoms with van der Waals surface area (Å²) in [7, 11) is -4.73. The van der Waals surface area contributed by atoms with Crippen molar-refractivity contribution < 1.29 is 37.8 Å². The van der Waals surface area contributed by atoms with Gasteiger partial charge in [0.1, 0.15) is 0 Å². The number of aromatic carboxylic acids is 2. The van der Waals surface area contributed by atoms with Gasteiger partial charge in [0.25, 0.3) is 11.8 Å². The van der Waals surface area contributed by atoms with Gasteiger partial charge >= 0.3 is 11.9 Å². The molecule has 11 heteroatoms. The lowest BCUT2D eigenvalue weighted by atomic mass is 10.1. The van der Waals surface area contributed by atoms with E-state index in [-0.39, 0.29) is 0 Å². The predicted molar refractivity (Wildman–Crippen MR) is 89.3 cm³/mol. The van der Waals surface area contributed by atoms with E-state index in [4.69, 9.17) is 11.5 Å². The fraction of sp³-hybridized carbons (Fsp3) is 0. The fourth-order valence-electron chi connectivity index (χ4n) is 2.49. The van der Waals surface area contributed by atoms with Gasteiger partial charge in [0.15, 0.2) is 0 Å². The molecule has 0 aromatic heterocycles. The Bertz CT molecular complexity index is 1020. The predicted octanol–water partition coefficient (Wildman–Crippen LogP) is 0.114. The molecular formula is C16H12N2O8S. The van der Waals surface area contributed by atoms with Crippen molar-refractivity contribution in [1.82, 2.24) is 0 Å². The highest BCUT2D eigenvalue weighted by atomic mass is 32.2. The summed E-state index contributed by atoms with van der Waals surface area (Å²) in [5.41, 5.74) is 7.36. The smallest absolute Gasteiger partial charge is 0.336 e.